The number of aromatic nitrogens is 1. The van der Waals surface area contributed by atoms with Crippen LogP contribution in [0.4, 0.5) is 11.5 Å². The molecule has 0 amide bonds. The molecule has 0 atom stereocenters. The second-order valence-corrected chi connectivity index (χ2v) is 9.62. The van der Waals surface area contributed by atoms with Gasteiger partial charge in [0.1, 0.15) is 5.82 Å². The molecule has 0 aliphatic carbocycles. The highest BCUT2D eigenvalue weighted by Crippen LogP contribution is 2.59. The minimum absolute atomic E-state index is 0.0235. The summed E-state index contributed by atoms with van der Waals surface area (Å²) in [5, 5.41) is 5.31. The molecule has 6 N–H and O–H groups in total. The molecule has 1 rings (SSSR count). The third-order valence-corrected chi connectivity index (χ3v) is 6.87. The lowest BCUT2D eigenvalue weighted by Gasteiger charge is -2.21. The highest BCUT2D eigenvalue weighted by Gasteiger charge is 2.43. The zero-order chi connectivity index (χ0) is 18.9. The lowest BCUT2D eigenvalue weighted by molar-refractivity contribution is 0.343. The maximum absolute atomic E-state index is 11.3. The van der Waals surface area contributed by atoms with Gasteiger partial charge >= 0.3 is 15.2 Å². The molecule has 1 aromatic rings. The predicted molar refractivity (Wildman–Crippen MR) is 97.6 cm³/mol. The zero-order valence-corrected chi connectivity index (χ0v) is 16.0. The Morgan fingerprint density at radius 3 is 2.24 bits per heavy atom. The molecule has 0 aliphatic rings. The molecule has 9 nitrogen and oxygen atoms in total. The van der Waals surface area contributed by atoms with E-state index in [1.807, 2.05) is 0 Å². The van der Waals surface area contributed by atoms with Crippen molar-refractivity contribution in [2.24, 2.45) is 0 Å². The first kappa shape index (κ1) is 22.1. The molecule has 1 aromatic heterocycles. The van der Waals surface area contributed by atoms with E-state index in [0.717, 1.165) is 19.4 Å². The van der Waals surface area contributed by atoms with Crippen LogP contribution in [0.3, 0.4) is 0 Å². The van der Waals surface area contributed by atoms with Gasteiger partial charge in [0.2, 0.25) is 5.52 Å². The average Bonchev–Trinajstić information content (AvgIpc) is 2.50. The molecule has 0 saturated carbocycles. The van der Waals surface area contributed by atoms with Gasteiger partial charge in [-0.05, 0) is 12.5 Å². The maximum atomic E-state index is 11.3. The quantitative estimate of drug-likeness (QED) is 0.232. The Bertz CT molecular complexity index is 596. The fraction of sp³-hybridized carbons (Fsp3) is 0.643. The van der Waals surface area contributed by atoms with Crippen molar-refractivity contribution in [3.8, 4) is 0 Å². The molecule has 1 heterocycles. The Morgan fingerprint density at radius 1 is 1.04 bits per heavy atom. The predicted octanol–water partition coefficient (Wildman–Crippen LogP) is 2.90. The third kappa shape index (κ3) is 8.81. The molecule has 0 aromatic carbocycles. The molecule has 144 valence electrons. The second-order valence-electron chi connectivity index (χ2n) is 5.82. The number of hydrogen-bond acceptors (Lipinski definition) is 5. The van der Waals surface area contributed by atoms with Gasteiger partial charge in [-0.15, -0.1) is 0 Å². The van der Waals surface area contributed by atoms with Gasteiger partial charge in [0.05, 0.1) is 0 Å². The van der Waals surface area contributed by atoms with E-state index in [1.165, 1.54) is 37.9 Å². The van der Waals surface area contributed by atoms with Gasteiger partial charge < -0.3 is 30.2 Å². The second kappa shape index (κ2) is 10.3. The first-order chi connectivity index (χ1) is 11.6. The van der Waals surface area contributed by atoms with E-state index in [1.54, 1.807) is 6.07 Å². The number of anilines is 2. The number of nitrogens with one attached hydrogen (secondary N) is 2. The summed E-state index contributed by atoms with van der Waals surface area (Å²) in [6.45, 7) is 2.90. The summed E-state index contributed by atoms with van der Waals surface area (Å²) in [6, 6.07) is 3.13. The van der Waals surface area contributed by atoms with Gasteiger partial charge in [-0.1, -0.05) is 39.0 Å². The van der Waals surface area contributed by atoms with Gasteiger partial charge in [-0.25, -0.2) is 4.98 Å². The summed E-state index contributed by atoms with van der Waals surface area (Å²) in [5.41, 5.74) is -1.66. The van der Waals surface area contributed by atoms with E-state index in [2.05, 4.69) is 22.5 Å². The van der Waals surface area contributed by atoms with Gasteiger partial charge in [0.25, 0.3) is 0 Å². The van der Waals surface area contributed by atoms with E-state index in [4.69, 9.17) is 19.6 Å². The van der Waals surface area contributed by atoms with E-state index >= 15 is 0 Å². The van der Waals surface area contributed by atoms with Crippen molar-refractivity contribution in [2.75, 3.05) is 17.2 Å². The highest BCUT2D eigenvalue weighted by molar-refractivity contribution is 7.71. The van der Waals surface area contributed by atoms with Crippen LogP contribution in [-0.4, -0.2) is 36.6 Å². The van der Waals surface area contributed by atoms with E-state index < -0.39 is 20.7 Å². The third-order valence-electron chi connectivity index (χ3n) is 3.53. The van der Waals surface area contributed by atoms with Crippen LogP contribution < -0.4 is 10.6 Å². The molecule has 11 heteroatoms. The van der Waals surface area contributed by atoms with Crippen molar-refractivity contribution in [3.05, 3.63) is 18.3 Å². The Hall–Kier alpha value is -0.950. The van der Waals surface area contributed by atoms with Crippen LogP contribution >= 0.6 is 15.2 Å². The molecule has 0 bridgehead atoms. The number of rotatable bonds is 12. The number of unbranched alkanes of at least 4 members (excludes halogenated alkanes) is 5. The summed E-state index contributed by atoms with van der Waals surface area (Å²) in [6.07, 6.45) is 8.35. The highest BCUT2D eigenvalue weighted by atomic mass is 31.2. The van der Waals surface area contributed by atoms with Gasteiger partial charge in [-0.2, -0.15) is 0 Å². The van der Waals surface area contributed by atoms with Crippen molar-refractivity contribution in [1.29, 1.82) is 0 Å². The Kier molecular flexibility index (Phi) is 9.07. The van der Waals surface area contributed by atoms with Crippen molar-refractivity contribution in [1.82, 2.24) is 4.98 Å². The minimum Gasteiger partial charge on any atom is -0.385 e. The van der Waals surface area contributed by atoms with Crippen molar-refractivity contribution < 1.29 is 28.7 Å². The van der Waals surface area contributed by atoms with Gasteiger partial charge in [0, 0.05) is 24.5 Å². The summed E-state index contributed by atoms with van der Waals surface area (Å²) in [5.74, 6) is -0.0235. The van der Waals surface area contributed by atoms with Crippen LogP contribution in [0.2, 0.25) is 0 Å². The maximum Gasteiger partial charge on any atom is 0.360 e. The van der Waals surface area contributed by atoms with Crippen LogP contribution in [-0.2, 0) is 9.13 Å². The molecule has 0 unspecified atom stereocenters. The molecule has 0 aliphatic heterocycles. The van der Waals surface area contributed by atoms with Gasteiger partial charge in [0.15, 0.2) is 0 Å². The van der Waals surface area contributed by atoms with Gasteiger partial charge in [-0.3, -0.25) is 9.13 Å². The number of pyridine rings is 1. The number of hydrogen-bond donors (Lipinski definition) is 6. The lowest BCUT2D eigenvalue weighted by atomic mass is 10.1. The van der Waals surface area contributed by atoms with Crippen molar-refractivity contribution in [2.45, 2.75) is 51.0 Å². The minimum atomic E-state index is -5.05. The van der Waals surface area contributed by atoms with E-state index in [0.29, 0.717) is 5.69 Å². The summed E-state index contributed by atoms with van der Waals surface area (Å²) in [7, 11) is -10.1. The van der Waals surface area contributed by atoms with Crippen LogP contribution in [0.5, 0.6) is 0 Å². The average molecular weight is 395 g/mol. The first-order valence-corrected chi connectivity index (χ1v) is 11.6. The molecule has 25 heavy (non-hydrogen) atoms. The summed E-state index contributed by atoms with van der Waals surface area (Å²) in [4.78, 5) is 40.3. The van der Waals surface area contributed by atoms with Crippen molar-refractivity contribution >= 4 is 26.7 Å². The first-order valence-electron chi connectivity index (χ1n) is 8.21. The standard InChI is InChI=1S/C14H27N3O6P2/c1-2-3-4-5-6-7-9-15-12-8-10-16-13(11-12)17-14(24(18,19)20)25(21,22)23/h8,10-11,14H,2-7,9H2,1H3,(H2,15,16,17)(H2,18,19,20)(H2,21,22,23). The topological polar surface area (TPSA) is 152 Å². The lowest BCUT2D eigenvalue weighted by Crippen LogP contribution is -2.20. The summed E-state index contributed by atoms with van der Waals surface area (Å²) >= 11 is 0. The molecule has 0 radical (unpaired) electrons. The Morgan fingerprint density at radius 2 is 1.64 bits per heavy atom. The van der Waals surface area contributed by atoms with E-state index in [9.17, 15) is 9.13 Å². The van der Waals surface area contributed by atoms with Crippen molar-refractivity contribution in [3.63, 3.8) is 0 Å². The molecular formula is C14H27N3O6P2. The fourth-order valence-corrected chi connectivity index (χ4v) is 4.42. The number of nitrogens with zero attached hydrogens (tertiary/aromatic N) is 1. The van der Waals surface area contributed by atoms with Crippen LogP contribution in [0.25, 0.3) is 0 Å². The fourth-order valence-electron chi connectivity index (χ4n) is 2.25. The summed E-state index contributed by atoms with van der Waals surface area (Å²) < 4.78 is 22.6. The molecule has 0 fully saturated rings. The van der Waals surface area contributed by atoms with Crippen LogP contribution in [0.1, 0.15) is 45.4 Å². The molecule has 0 spiro atoms. The monoisotopic (exact) mass is 395 g/mol. The SMILES string of the molecule is CCCCCCCCNc1ccnc(NC(P(=O)(O)O)P(=O)(O)O)c1. The molecule has 0 saturated heterocycles. The largest absolute Gasteiger partial charge is 0.385 e. The normalized spacial score (nSPS) is 12.4. The smallest absolute Gasteiger partial charge is 0.360 e. The van der Waals surface area contributed by atoms with E-state index in [-0.39, 0.29) is 5.82 Å². The van der Waals surface area contributed by atoms with Crippen LogP contribution in [0.15, 0.2) is 18.3 Å². The van der Waals surface area contributed by atoms with Crippen LogP contribution in [0, 0.1) is 0 Å². The Labute approximate surface area is 147 Å². The Balaban J connectivity index is 2.57. The zero-order valence-electron chi connectivity index (χ0n) is 14.2. The molecular weight excluding hydrogens is 368 g/mol.